The minimum atomic E-state index is -0.460. The molecular weight excluding hydrogens is 282 g/mol. The fourth-order valence-electron chi connectivity index (χ4n) is 2.14. The van der Waals surface area contributed by atoms with Gasteiger partial charge in [-0.3, -0.25) is 10.1 Å². The van der Waals surface area contributed by atoms with Crippen LogP contribution in [0.15, 0.2) is 29.4 Å². The van der Waals surface area contributed by atoms with Gasteiger partial charge in [-0.15, -0.1) is 0 Å². The Hall–Kier alpha value is -2.37. The van der Waals surface area contributed by atoms with Crippen molar-refractivity contribution in [3.8, 4) is 0 Å². The van der Waals surface area contributed by atoms with Crippen molar-refractivity contribution in [2.24, 2.45) is 11.0 Å². The van der Waals surface area contributed by atoms with Crippen LogP contribution < -0.4 is 10.7 Å². The first-order chi connectivity index (χ1) is 10.5. The van der Waals surface area contributed by atoms with Crippen molar-refractivity contribution in [2.45, 2.75) is 39.7 Å². The van der Waals surface area contributed by atoms with E-state index in [1.54, 1.807) is 12.1 Å². The Labute approximate surface area is 129 Å². The smallest absolute Gasteiger partial charge is 0.411 e. The summed E-state index contributed by atoms with van der Waals surface area (Å²) in [5.74, 6) is 0.00487. The van der Waals surface area contributed by atoms with Crippen molar-refractivity contribution in [1.82, 2.24) is 5.43 Å². The summed E-state index contributed by atoms with van der Waals surface area (Å²) < 4.78 is 5.16. The van der Waals surface area contributed by atoms with E-state index in [4.69, 9.17) is 4.74 Å². The van der Waals surface area contributed by atoms with Gasteiger partial charge in [-0.25, -0.2) is 10.2 Å². The van der Waals surface area contributed by atoms with Crippen molar-refractivity contribution in [2.75, 3.05) is 5.32 Å². The van der Waals surface area contributed by atoms with Crippen LogP contribution in [0.4, 0.5) is 10.5 Å². The van der Waals surface area contributed by atoms with Gasteiger partial charge in [0.25, 0.3) is 0 Å². The Bertz CT molecular complexity index is 581. The number of hydrazone groups is 1. The predicted octanol–water partition coefficient (Wildman–Crippen LogP) is 2.89. The van der Waals surface area contributed by atoms with Gasteiger partial charge in [0, 0.05) is 18.0 Å². The van der Waals surface area contributed by atoms with Crippen LogP contribution in [0.1, 0.15) is 39.2 Å². The molecule has 1 aromatic carbocycles. The molecule has 6 heteroatoms. The number of rotatable bonds is 4. The summed E-state index contributed by atoms with van der Waals surface area (Å²) in [5, 5.41) is 6.79. The van der Waals surface area contributed by atoms with E-state index < -0.39 is 6.09 Å². The van der Waals surface area contributed by atoms with Crippen LogP contribution in [-0.4, -0.2) is 23.8 Å². The lowest BCUT2D eigenvalue weighted by Crippen LogP contribution is -2.31. The van der Waals surface area contributed by atoms with Gasteiger partial charge in [-0.1, -0.05) is 26.0 Å². The van der Waals surface area contributed by atoms with E-state index in [0.29, 0.717) is 12.1 Å². The van der Waals surface area contributed by atoms with Crippen molar-refractivity contribution in [3.63, 3.8) is 0 Å². The summed E-state index contributed by atoms with van der Waals surface area (Å²) >= 11 is 0. The van der Waals surface area contributed by atoms with Crippen LogP contribution in [0.25, 0.3) is 0 Å². The molecule has 2 unspecified atom stereocenters. The number of ether oxygens (including phenoxy) is 1. The van der Waals surface area contributed by atoms with Crippen LogP contribution >= 0.6 is 0 Å². The van der Waals surface area contributed by atoms with Gasteiger partial charge >= 0.3 is 6.09 Å². The van der Waals surface area contributed by atoms with Crippen LogP contribution in [-0.2, 0) is 9.53 Å². The van der Waals surface area contributed by atoms with Crippen LogP contribution in [0.2, 0.25) is 0 Å². The Morgan fingerprint density at radius 3 is 2.73 bits per heavy atom. The van der Waals surface area contributed by atoms with Gasteiger partial charge < -0.3 is 4.74 Å². The number of nitrogens with one attached hydrogen (secondary N) is 2. The number of nitrogens with zero attached hydrogens (tertiary/aromatic N) is 1. The zero-order chi connectivity index (χ0) is 16.1. The monoisotopic (exact) mass is 303 g/mol. The fourth-order valence-corrected chi connectivity index (χ4v) is 2.14. The molecule has 0 aliphatic carbocycles. The highest BCUT2D eigenvalue weighted by Crippen LogP contribution is 2.18. The molecule has 0 spiro atoms. The lowest BCUT2D eigenvalue weighted by Gasteiger charge is -2.19. The first kappa shape index (κ1) is 16.0. The molecule has 118 valence electrons. The molecule has 2 atom stereocenters. The van der Waals surface area contributed by atoms with Crippen LogP contribution in [0.3, 0.4) is 0 Å². The largest absolute Gasteiger partial charge is 0.446 e. The van der Waals surface area contributed by atoms with E-state index in [0.717, 1.165) is 17.7 Å². The second kappa shape index (κ2) is 7.06. The number of carbonyl (C=O) groups excluding carboxylic acids is 2. The molecule has 0 aromatic heterocycles. The number of amides is 2. The fraction of sp³-hybridized carbons (Fsp3) is 0.438. The summed E-state index contributed by atoms with van der Waals surface area (Å²) in [6, 6.07) is 7.31. The molecule has 2 rings (SSSR count). The van der Waals surface area contributed by atoms with Crippen molar-refractivity contribution in [1.29, 1.82) is 0 Å². The molecule has 0 radical (unpaired) electrons. The molecule has 2 N–H and O–H groups in total. The molecule has 1 aliphatic rings. The third kappa shape index (κ3) is 4.07. The minimum Gasteiger partial charge on any atom is -0.446 e. The molecule has 1 aromatic rings. The quantitative estimate of drug-likeness (QED) is 0.897. The standard InChI is InChI=1S/C16H21N3O3/c1-4-11(3)22-16(21)17-13-7-5-12(6-8-13)15-10(2)9-14(20)18-19-15/h5-8,10-11H,4,9H2,1-3H3,(H,17,21)(H,18,20). The van der Waals surface area contributed by atoms with E-state index in [-0.39, 0.29) is 17.9 Å². The van der Waals surface area contributed by atoms with E-state index in [9.17, 15) is 9.59 Å². The highest BCUT2D eigenvalue weighted by Gasteiger charge is 2.21. The molecule has 1 aliphatic heterocycles. The first-order valence-corrected chi connectivity index (χ1v) is 7.44. The number of hydrogen-bond acceptors (Lipinski definition) is 4. The Balaban J connectivity index is 2.01. The molecule has 0 fully saturated rings. The van der Waals surface area contributed by atoms with Gasteiger partial charge in [0.2, 0.25) is 5.91 Å². The third-order valence-corrected chi connectivity index (χ3v) is 3.57. The molecule has 0 bridgehead atoms. The van der Waals surface area contributed by atoms with E-state index in [2.05, 4.69) is 15.8 Å². The van der Waals surface area contributed by atoms with E-state index in [1.165, 1.54) is 0 Å². The maximum atomic E-state index is 11.7. The van der Waals surface area contributed by atoms with Gasteiger partial charge in [0.1, 0.15) is 6.10 Å². The van der Waals surface area contributed by atoms with Gasteiger partial charge in [0.05, 0.1) is 5.71 Å². The average Bonchev–Trinajstić information content (AvgIpc) is 2.48. The molecule has 0 saturated carbocycles. The second-order valence-corrected chi connectivity index (χ2v) is 5.46. The highest BCUT2D eigenvalue weighted by atomic mass is 16.6. The summed E-state index contributed by atoms with van der Waals surface area (Å²) in [6.45, 7) is 5.77. The van der Waals surface area contributed by atoms with Crippen molar-refractivity contribution >= 4 is 23.4 Å². The molecule has 0 saturated heterocycles. The maximum Gasteiger partial charge on any atom is 0.411 e. The molecule has 1 heterocycles. The van der Waals surface area contributed by atoms with Gasteiger partial charge in [-0.05, 0) is 31.0 Å². The summed E-state index contributed by atoms with van der Waals surface area (Å²) in [7, 11) is 0. The Morgan fingerprint density at radius 2 is 2.14 bits per heavy atom. The molecule has 22 heavy (non-hydrogen) atoms. The topological polar surface area (TPSA) is 79.8 Å². The highest BCUT2D eigenvalue weighted by molar-refractivity contribution is 6.06. The van der Waals surface area contributed by atoms with Gasteiger partial charge in [-0.2, -0.15) is 5.10 Å². The number of benzene rings is 1. The van der Waals surface area contributed by atoms with E-state index in [1.807, 2.05) is 32.9 Å². The normalized spacial score (nSPS) is 19.0. The van der Waals surface area contributed by atoms with Crippen LogP contribution in [0, 0.1) is 5.92 Å². The predicted molar refractivity (Wildman–Crippen MR) is 84.8 cm³/mol. The molecular formula is C16H21N3O3. The summed E-state index contributed by atoms with van der Waals surface area (Å²) in [6.07, 6.45) is 0.633. The van der Waals surface area contributed by atoms with Crippen LogP contribution in [0.5, 0.6) is 0 Å². The number of anilines is 1. The Kier molecular flexibility index (Phi) is 5.14. The maximum absolute atomic E-state index is 11.7. The zero-order valence-corrected chi connectivity index (χ0v) is 13.1. The summed E-state index contributed by atoms with van der Waals surface area (Å²) in [5.41, 5.74) is 4.92. The number of hydrogen-bond donors (Lipinski definition) is 2. The summed E-state index contributed by atoms with van der Waals surface area (Å²) in [4.78, 5) is 22.9. The average molecular weight is 303 g/mol. The van der Waals surface area contributed by atoms with E-state index >= 15 is 0 Å². The Morgan fingerprint density at radius 1 is 1.45 bits per heavy atom. The third-order valence-electron chi connectivity index (χ3n) is 3.57. The lowest BCUT2D eigenvalue weighted by atomic mass is 9.94. The zero-order valence-electron chi connectivity index (χ0n) is 13.1. The lowest BCUT2D eigenvalue weighted by molar-refractivity contribution is -0.121. The SMILES string of the molecule is CCC(C)OC(=O)Nc1ccc(C2=NNC(=O)CC2C)cc1. The molecule has 2 amide bonds. The van der Waals surface area contributed by atoms with Gasteiger partial charge in [0.15, 0.2) is 0 Å². The molecule has 6 nitrogen and oxygen atoms in total. The number of carbonyl (C=O) groups is 2. The first-order valence-electron chi connectivity index (χ1n) is 7.44. The van der Waals surface area contributed by atoms with Crippen molar-refractivity contribution < 1.29 is 14.3 Å². The van der Waals surface area contributed by atoms with Crippen molar-refractivity contribution in [3.05, 3.63) is 29.8 Å². The minimum absolute atomic E-state index is 0.0673. The second-order valence-electron chi connectivity index (χ2n) is 5.46.